The van der Waals surface area contributed by atoms with Crippen molar-refractivity contribution in [3.05, 3.63) is 84.2 Å². The number of carbonyl (C=O) groups excluding carboxylic acids is 4. The van der Waals surface area contributed by atoms with E-state index in [1.54, 1.807) is 56.3 Å². The predicted molar refractivity (Wildman–Crippen MR) is 170 cm³/mol. The molecule has 0 aliphatic rings. The van der Waals surface area contributed by atoms with E-state index in [0.717, 1.165) is 10.8 Å². The second-order valence-corrected chi connectivity index (χ2v) is 11.2. The maximum Gasteiger partial charge on any atom is 0.305 e. The molecule has 0 radical (unpaired) electrons. The number of Topliss-reactive ketones (excluding diaryl/α,β-unsaturated/α-hetero) is 1. The van der Waals surface area contributed by atoms with Crippen molar-refractivity contribution in [2.45, 2.75) is 45.2 Å². The van der Waals surface area contributed by atoms with Crippen LogP contribution in [0.1, 0.15) is 42.9 Å². The van der Waals surface area contributed by atoms with Gasteiger partial charge in [0.15, 0.2) is 11.6 Å². The zero-order valence-electron chi connectivity index (χ0n) is 26.1. The second kappa shape index (κ2) is 16.6. The molecule has 0 saturated heterocycles. The summed E-state index contributed by atoms with van der Waals surface area (Å²) in [5.41, 5.74) is 0.372. The number of ketones is 1. The molecular weight excluding hydrogens is 606 g/mol. The molecule has 1 aromatic heterocycles. The molecule has 1 heterocycles. The van der Waals surface area contributed by atoms with E-state index < -0.39 is 61.1 Å². The van der Waals surface area contributed by atoms with Crippen molar-refractivity contribution in [1.82, 2.24) is 36.2 Å². The molecule has 47 heavy (non-hydrogen) atoms. The van der Waals surface area contributed by atoms with Gasteiger partial charge in [-0.3, -0.25) is 24.0 Å². The highest BCUT2D eigenvalue weighted by atomic mass is 16.5. The second-order valence-electron chi connectivity index (χ2n) is 11.2. The van der Waals surface area contributed by atoms with Crippen LogP contribution in [0.2, 0.25) is 0 Å². The van der Waals surface area contributed by atoms with E-state index in [9.17, 15) is 29.1 Å². The fourth-order valence-corrected chi connectivity index (χ4v) is 4.85. The van der Waals surface area contributed by atoms with Crippen molar-refractivity contribution < 1.29 is 33.8 Å². The quantitative estimate of drug-likeness (QED) is 0.132. The van der Waals surface area contributed by atoms with E-state index >= 15 is 0 Å². The van der Waals surface area contributed by atoms with Crippen LogP contribution in [0, 0.1) is 5.92 Å². The lowest BCUT2D eigenvalue weighted by Crippen LogP contribution is -2.54. The van der Waals surface area contributed by atoms with Gasteiger partial charge in [0.1, 0.15) is 24.4 Å². The number of tetrazole rings is 1. The number of carbonyl (C=O) groups is 5. The minimum atomic E-state index is -1.39. The maximum atomic E-state index is 13.9. The molecule has 4 aromatic rings. The number of carboxylic acids is 1. The number of amides is 3. The van der Waals surface area contributed by atoms with Gasteiger partial charge < -0.3 is 25.4 Å². The van der Waals surface area contributed by atoms with Crippen molar-refractivity contribution >= 4 is 40.2 Å². The third kappa shape index (κ3) is 10.2. The van der Waals surface area contributed by atoms with Gasteiger partial charge in [-0.05, 0) is 47.4 Å². The Hall–Kier alpha value is -5.66. The zero-order valence-corrected chi connectivity index (χ0v) is 26.1. The summed E-state index contributed by atoms with van der Waals surface area (Å²) >= 11 is 0. The van der Waals surface area contributed by atoms with Gasteiger partial charge in [-0.15, -0.1) is 10.2 Å². The number of aliphatic carboxylic acids is 1. The zero-order chi connectivity index (χ0) is 33.8. The fourth-order valence-electron chi connectivity index (χ4n) is 4.85. The Morgan fingerprint density at radius 3 is 2.34 bits per heavy atom. The Balaban J connectivity index is 1.47. The summed E-state index contributed by atoms with van der Waals surface area (Å²) in [4.78, 5) is 66.2. The molecular formula is C33H37N7O7. The van der Waals surface area contributed by atoms with Crippen LogP contribution in [0.5, 0.6) is 5.75 Å². The lowest BCUT2D eigenvalue weighted by molar-refractivity contribution is -0.142. The SMILES string of the molecule is CC(C)[C@H](NC(=O)c1ccc2ccccc2c1)C(=O)N(CCCc1nn[nH]n1)CC(=O)N[C@@H](CC(=O)O)C(=O)COc1ccccc1. The Kier molecular flexibility index (Phi) is 12.1. The van der Waals surface area contributed by atoms with Gasteiger partial charge in [-0.2, -0.15) is 5.21 Å². The van der Waals surface area contributed by atoms with Crippen LogP contribution in [0.3, 0.4) is 0 Å². The van der Waals surface area contributed by atoms with Gasteiger partial charge in [-0.1, -0.05) is 67.6 Å². The van der Waals surface area contributed by atoms with Crippen molar-refractivity contribution in [3.63, 3.8) is 0 Å². The summed E-state index contributed by atoms with van der Waals surface area (Å²) in [6.07, 6.45) is 0.0178. The number of nitrogens with zero attached hydrogens (tertiary/aromatic N) is 4. The lowest BCUT2D eigenvalue weighted by atomic mass is 10.0. The van der Waals surface area contributed by atoms with Gasteiger partial charge in [0.2, 0.25) is 11.8 Å². The minimum absolute atomic E-state index is 0.0739. The molecule has 0 bridgehead atoms. The van der Waals surface area contributed by atoms with Gasteiger partial charge in [0.05, 0.1) is 13.0 Å². The molecule has 4 N–H and O–H groups in total. The number of hydrogen-bond donors (Lipinski definition) is 4. The van der Waals surface area contributed by atoms with E-state index in [1.165, 1.54) is 4.90 Å². The first-order valence-corrected chi connectivity index (χ1v) is 15.1. The van der Waals surface area contributed by atoms with Gasteiger partial charge in [-0.25, -0.2) is 0 Å². The van der Waals surface area contributed by atoms with Crippen LogP contribution in [0.25, 0.3) is 10.8 Å². The number of benzene rings is 3. The summed E-state index contributed by atoms with van der Waals surface area (Å²) < 4.78 is 5.46. The molecule has 0 unspecified atom stereocenters. The number of ether oxygens (including phenoxy) is 1. The van der Waals surface area contributed by atoms with Crippen LogP contribution in [0.4, 0.5) is 0 Å². The lowest BCUT2D eigenvalue weighted by Gasteiger charge is -2.30. The van der Waals surface area contributed by atoms with Gasteiger partial charge in [0, 0.05) is 18.5 Å². The molecule has 0 aliphatic carbocycles. The third-order valence-electron chi connectivity index (χ3n) is 7.32. The Morgan fingerprint density at radius 1 is 0.936 bits per heavy atom. The highest BCUT2D eigenvalue weighted by Crippen LogP contribution is 2.17. The summed E-state index contributed by atoms with van der Waals surface area (Å²) in [6, 6.07) is 18.9. The normalized spacial score (nSPS) is 12.2. The number of nitrogens with one attached hydrogen (secondary N) is 3. The summed E-state index contributed by atoms with van der Waals surface area (Å²) in [6.45, 7) is 2.66. The number of aromatic nitrogens is 4. The molecule has 14 nitrogen and oxygen atoms in total. The van der Waals surface area contributed by atoms with Gasteiger partial charge >= 0.3 is 5.97 Å². The smallest absolute Gasteiger partial charge is 0.305 e. The first kappa shape index (κ1) is 34.2. The number of carboxylic acid groups (broad SMARTS) is 1. The monoisotopic (exact) mass is 643 g/mol. The Morgan fingerprint density at radius 2 is 1.66 bits per heavy atom. The Bertz CT molecular complexity index is 1680. The van der Waals surface area contributed by atoms with E-state index in [0.29, 0.717) is 30.0 Å². The summed E-state index contributed by atoms with van der Waals surface area (Å²) in [7, 11) is 0. The molecule has 0 fully saturated rings. The number of hydrogen-bond acceptors (Lipinski definition) is 9. The molecule has 3 aromatic carbocycles. The number of para-hydroxylation sites is 1. The highest BCUT2D eigenvalue weighted by Gasteiger charge is 2.31. The molecule has 0 aliphatic heterocycles. The minimum Gasteiger partial charge on any atom is -0.486 e. The largest absolute Gasteiger partial charge is 0.486 e. The van der Waals surface area contributed by atoms with Crippen LogP contribution in [-0.4, -0.2) is 91.9 Å². The molecule has 3 amide bonds. The highest BCUT2D eigenvalue weighted by molar-refractivity contribution is 6.01. The first-order chi connectivity index (χ1) is 22.6. The van der Waals surface area contributed by atoms with Gasteiger partial charge in [0.25, 0.3) is 5.91 Å². The summed E-state index contributed by atoms with van der Waals surface area (Å²) in [5, 5.41) is 30.2. The fraction of sp³-hybridized carbons (Fsp3) is 0.333. The van der Waals surface area contributed by atoms with Crippen LogP contribution in [0.15, 0.2) is 72.8 Å². The topological polar surface area (TPSA) is 197 Å². The average molecular weight is 644 g/mol. The molecule has 2 atom stereocenters. The maximum absolute atomic E-state index is 13.9. The average Bonchev–Trinajstić information content (AvgIpc) is 3.58. The number of aryl methyl sites for hydroxylation is 1. The van der Waals surface area contributed by atoms with E-state index in [2.05, 4.69) is 31.3 Å². The number of H-pyrrole nitrogens is 1. The predicted octanol–water partition coefficient (Wildman–Crippen LogP) is 2.18. The van der Waals surface area contributed by atoms with E-state index in [1.807, 2.05) is 30.3 Å². The number of aromatic amines is 1. The number of fused-ring (bicyclic) bond motifs is 1. The van der Waals surface area contributed by atoms with Crippen molar-refractivity contribution in [1.29, 1.82) is 0 Å². The summed E-state index contributed by atoms with van der Waals surface area (Å²) in [5.74, 6) is -3.21. The van der Waals surface area contributed by atoms with Crippen LogP contribution < -0.4 is 15.4 Å². The molecule has 0 saturated carbocycles. The van der Waals surface area contributed by atoms with Crippen molar-refractivity contribution in [2.24, 2.45) is 5.92 Å². The number of rotatable bonds is 17. The van der Waals surface area contributed by atoms with Crippen LogP contribution >= 0.6 is 0 Å². The molecule has 14 heteroatoms. The standard InChI is InChI=1S/C33H37N7O7/c1-21(2)31(35-32(45)24-15-14-22-9-6-7-10-23(22)17-24)33(46)40(16-8-13-28-36-38-39-37-28)19-29(42)34-26(18-30(43)44)27(41)20-47-25-11-4-3-5-12-25/h3-7,9-12,14-15,17,21,26,31H,8,13,16,18-20H2,1-2H3,(H,34,42)(H,35,45)(H,43,44)(H,36,37,38,39)/t26-,31-/m0/s1. The first-order valence-electron chi connectivity index (χ1n) is 15.1. The van der Waals surface area contributed by atoms with Crippen LogP contribution in [-0.2, 0) is 25.6 Å². The van der Waals surface area contributed by atoms with E-state index in [-0.39, 0.29) is 12.5 Å². The third-order valence-corrected chi connectivity index (χ3v) is 7.32. The molecule has 0 spiro atoms. The molecule has 4 rings (SSSR count). The Labute approximate surface area is 270 Å². The van der Waals surface area contributed by atoms with E-state index in [4.69, 9.17) is 4.74 Å². The molecule has 246 valence electrons. The van der Waals surface area contributed by atoms with Crippen molar-refractivity contribution in [2.75, 3.05) is 19.7 Å². The van der Waals surface area contributed by atoms with Crippen molar-refractivity contribution in [3.8, 4) is 5.75 Å².